The normalized spacial score (nSPS) is 11.9. The highest BCUT2D eigenvalue weighted by Gasteiger charge is 2.38. The number of rotatable bonds is 5. The molecule has 1 aromatic heterocycles. The molecular formula is C18H26N2O2Si. The molecule has 124 valence electrons. The van der Waals surface area contributed by atoms with Gasteiger partial charge in [0.15, 0.2) is 0 Å². The van der Waals surface area contributed by atoms with Gasteiger partial charge in [-0.3, -0.25) is 0 Å². The van der Waals surface area contributed by atoms with E-state index in [-0.39, 0.29) is 5.04 Å². The molecule has 0 fully saturated rings. The number of nitrogens with one attached hydrogen (secondary N) is 1. The number of pyridine rings is 1. The summed E-state index contributed by atoms with van der Waals surface area (Å²) in [5.74, 6) is 1.52. The molecule has 5 heteroatoms. The largest absolute Gasteiger partial charge is 0.544 e. The first-order valence-corrected chi connectivity index (χ1v) is 10.7. The molecule has 0 saturated carbocycles. The van der Waals surface area contributed by atoms with Crippen molar-refractivity contribution in [3.8, 4) is 11.6 Å². The van der Waals surface area contributed by atoms with Gasteiger partial charge in [-0.25, -0.2) is 4.98 Å². The highest BCUT2D eigenvalue weighted by Crippen LogP contribution is 2.37. The first kappa shape index (κ1) is 17.3. The van der Waals surface area contributed by atoms with E-state index in [0.29, 0.717) is 5.88 Å². The average molecular weight is 331 g/mol. The topological polar surface area (TPSA) is 43.4 Å². The third-order valence-electron chi connectivity index (χ3n) is 4.27. The Kier molecular flexibility index (Phi) is 4.99. The van der Waals surface area contributed by atoms with Gasteiger partial charge < -0.3 is 14.5 Å². The van der Waals surface area contributed by atoms with Crippen molar-refractivity contribution < 1.29 is 9.16 Å². The van der Waals surface area contributed by atoms with Crippen LogP contribution in [0.25, 0.3) is 0 Å². The number of ether oxygens (including phenoxy) is 1. The van der Waals surface area contributed by atoms with Crippen molar-refractivity contribution in [2.75, 3.05) is 12.4 Å². The van der Waals surface area contributed by atoms with Crippen LogP contribution >= 0.6 is 0 Å². The van der Waals surface area contributed by atoms with Gasteiger partial charge in [0.2, 0.25) is 14.2 Å². The van der Waals surface area contributed by atoms with E-state index in [9.17, 15) is 0 Å². The lowest BCUT2D eigenvalue weighted by atomic mass is 10.2. The summed E-state index contributed by atoms with van der Waals surface area (Å²) in [5.41, 5.74) is 1.94. The van der Waals surface area contributed by atoms with Crippen molar-refractivity contribution in [3.63, 3.8) is 0 Å². The van der Waals surface area contributed by atoms with E-state index in [4.69, 9.17) is 9.16 Å². The first-order chi connectivity index (χ1) is 10.7. The molecule has 0 radical (unpaired) electrons. The number of methoxy groups -OCH3 is 1. The molecule has 23 heavy (non-hydrogen) atoms. The number of benzene rings is 1. The predicted molar refractivity (Wildman–Crippen MR) is 98.3 cm³/mol. The van der Waals surface area contributed by atoms with Crippen LogP contribution in [0.15, 0.2) is 42.6 Å². The summed E-state index contributed by atoms with van der Waals surface area (Å²) in [5, 5.41) is 3.53. The van der Waals surface area contributed by atoms with Crippen molar-refractivity contribution in [1.82, 2.24) is 4.98 Å². The second-order valence-corrected chi connectivity index (χ2v) is 11.8. The van der Waals surface area contributed by atoms with Gasteiger partial charge in [-0.05, 0) is 48.5 Å². The van der Waals surface area contributed by atoms with Crippen LogP contribution in [0, 0.1) is 0 Å². The molecule has 0 saturated heterocycles. The Labute approximate surface area is 140 Å². The van der Waals surface area contributed by atoms with Crippen LogP contribution in [-0.4, -0.2) is 20.4 Å². The summed E-state index contributed by atoms with van der Waals surface area (Å²) in [6.07, 6.45) is 1.72. The molecule has 4 nitrogen and oxygen atoms in total. The molecular weight excluding hydrogens is 304 g/mol. The molecule has 2 aromatic rings. The third-order valence-corrected chi connectivity index (χ3v) is 8.62. The van der Waals surface area contributed by atoms with Gasteiger partial charge in [-0.15, -0.1) is 0 Å². The molecule has 0 atom stereocenters. The van der Waals surface area contributed by atoms with Gasteiger partial charge in [-0.2, -0.15) is 0 Å². The quantitative estimate of drug-likeness (QED) is 0.764. The highest BCUT2D eigenvalue weighted by atomic mass is 28.4. The van der Waals surface area contributed by atoms with Gasteiger partial charge >= 0.3 is 0 Å². The summed E-state index contributed by atoms with van der Waals surface area (Å²) in [7, 11) is -0.185. The molecule has 0 amide bonds. The summed E-state index contributed by atoms with van der Waals surface area (Å²) >= 11 is 0. The van der Waals surface area contributed by atoms with Crippen LogP contribution in [0.2, 0.25) is 18.1 Å². The molecule has 1 N–H and O–H groups in total. The molecule has 0 bridgehead atoms. The minimum atomic E-state index is -1.79. The standard InChI is InChI=1S/C18H26N2O2Si/c1-18(2,3)23(5,6)22-16-9-7-14(8-10-16)20-15-11-12-19-17(13-15)21-4/h7-13H,1-6H3,(H,19,20). The van der Waals surface area contributed by atoms with Gasteiger partial charge in [-0.1, -0.05) is 20.8 Å². The van der Waals surface area contributed by atoms with E-state index in [1.165, 1.54) is 0 Å². The van der Waals surface area contributed by atoms with Crippen molar-refractivity contribution in [2.45, 2.75) is 38.9 Å². The fraction of sp³-hybridized carbons (Fsp3) is 0.389. The maximum atomic E-state index is 6.29. The van der Waals surface area contributed by atoms with E-state index in [1.54, 1.807) is 13.3 Å². The van der Waals surface area contributed by atoms with Crippen LogP contribution in [-0.2, 0) is 0 Å². The number of anilines is 2. The fourth-order valence-corrected chi connectivity index (χ4v) is 2.85. The molecule has 1 heterocycles. The van der Waals surface area contributed by atoms with E-state index in [1.807, 2.05) is 36.4 Å². The number of hydrogen-bond donors (Lipinski definition) is 1. The van der Waals surface area contributed by atoms with Crippen LogP contribution in [0.3, 0.4) is 0 Å². The van der Waals surface area contributed by atoms with E-state index in [0.717, 1.165) is 17.1 Å². The number of aromatic nitrogens is 1. The van der Waals surface area contributed by atoms with Crippen molar-refractivity contribution in [2.24, 2.45) is 0 Å². The van der Waals surface area contributed by atoms with Crippen LogP contribution < -0.4 is 14.5 Å². The minimum Gasteiger partial charge on any atom is -0.544 e. The first-order valence-electron chi connectivity index (χ1n) is 7.77. The Morgan fingerprint density at radius 3 is 2.22 bits per heavy atom. The molecule has 0 aliphatic rings. The van der Waals surface area contributed by atoms with Crippen LogP contribution in [0.1, 0.15) is 20.8 Å². The second-order valence-electron chi connectivity index (χ2n) is 7.10. The van der Waals surface area contributed by atoms with Gasteiger partial charge in [0.05, 0.1) is 7.11 Å². The van der Waals surface area contributed by atoms with Crippen molar-refractivity contribution in [3.05, 3.63) is 42.6 Å². The van der Waals surface area contributed by atoms with Crippen molar-refractivity contribution >= 4 is 19.7 Å². The lowest BCUT2D eigenvalue weighted by Gasteiger charge is -2.36. The molecule has 2 rings (SSSR count). The Hall–Kier alpha value is -2.01. The second kappa shape index (κ2) is 6.62. The lowest BCUT2D eigenvalue weighted by Crippen LogP contribution is -2.43. The summed E-state index contributed by atoms with van der Waals surface area (Å²) in [4.78, 5) is 4.10. The zero-order chi connectivity index (χ0) is 17.1. The molecule has 0 unspecified atom stereocenters. The zero-order valence-corrected chi connectivity index (χ0v) is 15.8. The lowest BCUT2D eigenvalue weighted by molar-refractivity contribution is 0.398. The predicted octanol–water partition coefficient (Wildman–Crippen LogP) is 5.22. The Morgan fingerprint density at radius 2 is 1.65 bits per heavy atom. The zero-order valence-electron chi connectivity index (χ0n) is 14.8. The van der Waals surface area contributed by atoms with Gasteiger partial charge in [0.1, 0.15) is 5.75 Å². The Bertz CT molecular complexity index is 649. The minimum absolute atomic E-state index is 0.192. The van der Waals surface area contributed by atoms with Crippen LogP contribution in [0.5, 0.6) is 11.6 Å². The number of hydrogen-bond acceptors (Lipinski definition) is 4. The van der Waals surface area contributed by atoms with E-state index in [2.05, 4.69) is 44.2 Å². The molecule has 1 aromatic carbocycles. The number of nitrogens with zero attached hydrogens (tertiary/aromatic N) is 1. The maximum absolute atomic E-state index is 6.29. The average Bonchev–Trinajstić information content (AvgIpc) is 2.48. The summed E-state index contributed by atoms with van der Waals surface area (Å²) in [6, 6.07) is 11.8. The maximum Gasteiger partial charge on any atom is 0.250 e. The van der Waals surface area contributed by atoms with Gasteiger partial charge in [0.25, 0.3) is 0 Å². The SMILES string of the molecule is COc1cc(Nc2ccc(O[Si](C)(C)C(C)(C)C)cc2)ccn1. The monoisotopic (exact) mass is 330 g/mol. The van der Waals surface area contributed by atoms with Crippen LogP contribution in [0.4, 0.5) is 11.4 Å². The summed E-state index contributed by atoms with van der Waals surface area (Å²) < 4.78 is 11.4. The Morgan fingerprint density at radius 1 is 1.00 bits per heavy atom. The van der Waals surface area contributed by atoms with Gasteiger partial charge in [0, 0.05) is 23.6 Å². The third kappa shape index (κ3) is 4.48. The smallest absolute Gasteiger partial charge is 0.250 e. The van der Waals surface area contributed by atoms with E-state index < -0.39 is 8.32 Å². The molecule has 0 aliphatic heterocycles. The molecule has 0 aliphatic carbocycles. The fourth-order valence-electron chi connectivity index (χ4n) is 1.82. The van der Waals surface area contributed by atoms with Crippen molar-refractivity contribution in [1.29, 1.82) is 0 Å². The molecule has 0 spiro atoms. The summed E-state index contributed by atoms with van der Waals surface area (Å²) in [6.45, 7) is 11.2. The highest BCUT2D eigenvalue weighted by molar-refractivity contribution is 6.74. The Balaban J connectivity index is 2.07. The van der Waals surface area contributed by atoms with E-state index >= 15 is 0 Å².